The Morgan fingerprint density at radius 2 is 1.78 bits per heavy atom. The number of rotatable bonds is 7. The maximum Gasteiger partial charge on any atom is 0.255 e. The third kappa shape index (κ3) is 4.88. The lowest BCUT2D eigenvalue weighted by atomic mass is 9.96. The molecule has 3 amide bonds. The number of benzene rings is 2. The van der Waals surface area contributed by atoms with Crippen molar-refractivity contribution in [2.45, 2.75) is 63.7 Å². The molecule has 4 aliphatic heterocycles. The number of nitrogens with zero attached hydrogens (tertiary/aromatic N) is 4. The molecule has 41 heavy (non-hydrogen) atoms. The fourth-order valence-corrected chi connectivity index (χ4v) is 6.97. The Hall–Kier alpha value is -3.79. The van der Waals surface area contributed by atoms with E-state index in [9.17, 15) is 14.4 Å². The molecule has 4 heterocycles. The number of methoxy groups -OCH3 is 1. The van der Waals surface area contributed by atoms with Gasteiger partial charge in [-0.25, -0.2) is 0 Å². The van der Waals surface area contributed by atoms with Crippen molar-refractivity contribution < 1.29 is 19.1 Å². The average molecular weight is 561 g/mol. The molecule has 10 nitrogen and oxygen atoms in total. The molecule has 1 unspecified atom stereocenters. The highest BCUT2D eigenvalue weighted by atomic mass is 16.5. The topological polar surface area (TPSA) is 111 Å². The zero-order chi connectivity index (χ0) is 28.8. The number of likely N-dealkylation sites (N-methyl/N-ethyl adjacent to an activating group) is 1. The number of carbonyl (C=O) groups excluding carboxylic acids is 3. The third-order valence-corrected chi connectivity index (χ3v) is 9.53. The molecule has 4 aliphatic rings. The number of anilines is 3. The Kier molecular flexibility index (Phi) is 7.27. The van der Waals surface area contributed by atoms with Crippen LogP contribution in [-0.2, 0) is 22.6 Å². The van der Waals surface area contributed by atoms with E-state index in [1.165, 1.54) is 11.3 Å². The highest BCUT2D eigenvalue weighted by molar-refractivity contribution is 6.06. The molecular formula is C31H40N6O4. The quantitative estimate of drug-likeness (QED) is 0.392. The molecule has 0 radical (unpaired) electrons. The predicted octanol–water partition coefficient (Wildman–Crippen LogP) is 2.39. The number of piperidine rings is 2. The van der Waals surface area contributed by atoms with Crippen LogP contribution in [0.5, 0.6) is 5.75 Å². The summed E-state index contributed by atoms with van der Waals surface area (Å²) in [6.45, 7) is 6.38. The highest BCUT2D eigenvalue weighted by Gasteiger charge is 2.42. The van der Waals surface area contributed by atoms with E-state index in [2.05, 4.69) is 46.1 Å². The first kappa shape index (κ1) is 27.4. The molecule has 0 bridgehead atoms. The van der Waals surface area contributed by atoms with Crippen molar-refractivity contribution in [3.8, 4) is 5.75 Å². The van der Waals surface area contributed by atoms with Gasteiger partial charge < -0.3 is 25.2 Å². The monoisotopic (exact) mass is 560 g/mol. The van der Waals surface area contributed by atoms with Gasteiger partial charge >= 0.3 is 0 Å². The first-order valence-electron chi connectivity index (χ1n) is 14.7. The van der Waals surface area contributed by atoms with Crippen LogP contribution in [0.4, 0.5) is 17.1 Å². The van der Waals surface area contributed by atoms with Crippen LogP contribution in [0.2, 0.25) is 0 Å². The average Bonchev–Trinajstić information content (AvgIpc) is 3.28. The molecular weight excluding hydrogens is 520 g/mol. The summed E-state index contributed by atoms with van der Waals surface area (Å²) in [6, 6.07) is 10.4. The van der Waals surface area contributed by atoms with Gasteiger partial charge in [0.05, 0.1) is 12.8 Å². The zero-order valence-electron chi connectivity index (χ0n) is 24.2. The largest absolute Gasteiger partial charge is 0.495 e. The van der Waals surface area contributed by atoms with Crippen LogP contribution < -0.4 is 25.6 Å². The summed E-state index contributed by atoms with van der Waals surface area (Å²) >= 11 is 0. The van der Waals surface area contributed by atoms with Gasteiger partial charge in [0, 0.05) is 79.8 Å². The maximum atomic E-state index is 13.2. The minimum Gasteiger partial charge on any atom is -0.495 e. The summed E-state index contributed by atoms with van der Waals surface area (Å²) in [5.41, 5.74) is 12.1. The summed E-state index contributed by atoms with van der Waals surface area (Å²) < 4.78 is 5.50. The van der Waals surface area contributed by atoms with Crippen molar-refractivity contribution in [3.05, 3.63) is 47.0 Å². The second-order valence-corrected chi connectivity index (χ2v) is 11.7. The van der Waals surface area contributed by atoms with Gasteiger partial charge in [0.2, 0.25) is 11.8 Å². The van der Waals surface area contributed by atoms with E-state index in [4.69, 9.17) is 10.5 Å². The molecule has 0 spiro atoms. The lowest BCUT2D eigenvalue weighted by Crippen LogP contribution is -2.62. The molecule has 3 fully saturated rings. The third-order valence-electron chi connectivity index (χ3n) is 9.53. The molecule has 218 valence electrons. The maximum absolute atomic E-state index is 13.2. The summed E-state index contributed by atoms with van der Waals surface area (Å²) in [6.07, 6.45) is 3.76. The van der Waals surface area contributed by atoms with Crippen LogP contribution in [0, 0.1) is 0 Å². The lowest BCUT2D eigenvalue weighted by molar-refractivity contribution is -0.136. The summed E-state index contributed by atoms with van der Waals surface area (Å²) in [5.74, 6) is -0.0293. The van der Waals surface area contributed by atoms with E-state index in [0.717, 1.165) is 62.4 Å². The second-order valence-electron chi connectivity index (χ2n) is 11.7. The Balaban J connectivity index is 1.07. The Labute approximate surface area is 241 Å². The first-order chi connectivity index (χ1) is 19.8. The molecule has 0 saturated carbocycles. The molecule has 3 N–H and O–H groups in total. The summed E-state index contributed by atoms with van der Waals surface area (Å²) in [7, 11) is 3.91. The van der Waals surface area contributed by atoms with Crippen molar-refractivity contribution in [3.63, 3.8) is 0 Å². The number of amides is 3. The normalized spacial score (nSPS) is 21.8. The molecule has 0 aliphatic carbocycles. The number of carbonyl (C=O) groups is 3. The summed E-state index contributed by atoms with van der Waals surface area (Å²) in [5, 5.41) is 2.39. The van der Waals surface area contributed by atoms with E-state index in [0.29, 0.717) is 36.3 Å². The van der Waals surface area contributed by atoms with E-state index in [1.54, 1.807) is 12.0 Å². The van der Waals surface area contributed by atoms with Crippen molar-refractivity contribution in [1.29, 1.82) is 0 Å². The molecule has 2 aromatic rings. The Bertz CT molecular complexity index is 1360. The van der Waals surface area contributed by atoms with Gasteiger partial charge in [0.15, 0.2) is 0 Å². The van der Waals surface area contributed by atoms with Gasteiger partial charge in [0.25, 0.3) is 5.91 Å². The van der Waals surface area contributed by atoms with Crippen molar-refractivity contribution in [2.75, 3.05) is 55.9 Å². The van der Waals surface area contributed by atoms with Crippen LogP contribution >= 0.6 is 0 Å². The van der Waals surface area contributed by atoms with Gasteiger partial charge in [0.1, 0.15) is 11.8 Å². The fourth-order valence-electron chi connectivity index (χ4n) is 6.97. The zero-order valence-corrected chi connectivity index (χ0v) is 24.2. The van der Waals surface area contributed by atoms with Gasteiger partial charge in [-0.2, -0.15) is 0 Å². The van der Waals surface area contributed by atoms with Crippen LogP contribution in [0.15, 0.2) is 30.3 Å². The number of nitrogen functional groups attached to an aromatic ring is 1. The molecule has 2 aromatic carbocycles. The van der Waals surface area contributed by atoms with Crippen molar-refractivity contribution in [2.24, 2.45) is 0 Å². The summed E-state index contributed by atoms with van der Waals surface area (Å²) in [4.78, 5) is 46.3. The number of imide groups is 1. The standard InChI is InChI=1S/C31H40N6O4/c1-4-19-14-24(32)28(41-3)15-27(19)35-12-10-20(11-13-35)34(2)21-16-36(17-21)25-7-5-6-22-23(25)18-37(31(22)40)26-8-9-29(38)33-30(26)39/h5-7,14-15,20-21,26H,4,8-13,16-18,32H2,1-3H3,(H,33,38,39). The van der Waals surface area contributed by atoms with Crippen LogP contribution in [0.3, 0.4) is 0 Å². The predicted molar refractivity (Wildman–Crippen MR) is 158 cm³/mol. The number of hydrogen-bond donors (Lipinski definition) is 2. The molecule has 6 rings (SSSR count). The fraction of sp³-hybridized carbons (Fsp3) is 0.516. The number of fused-ring (bicyclic) bond motifs is 1. The number of nitrogens with two attached hydrogens (primary N) is 1. The highest BCUT2D eigenvalue weighted by Crippen LogP contribution is 2.38. The van der Waals surface area contributed by atoms with E-state index in [1.807, 2.05) is 18.2 Å². The molecule has 10 heteroatoms. The van der Waals surface area contributed by atoms with Gasteiger partial charge in [-0.05, 0) is 56.5 Å². The Morgan fingerprint density at radius 3 is 2.46 bits per heavy atom. The molecule has 3 saturated heterocycles. The first-order valence-corrected chi connectivity index (χ1v) is 14.7. The molecule has 0 aromatic heterocycles. The Morgan fingerprint density at radius 1 is 1.02 bits per heavy atom. The van der Waals surface area contributed by atoms with Crippen molar-refractivity contribution in [1.82, 2.24) is 15.1 Å². The smallest absolute Gasteiger partial charge is 0.255 e. The SMILES string of the molecule is CCc1cc(N)c(OC)cc1N1CCC(N(C)C2CN(c3cccc4c3CN(C3CCC(=O)NC3=O)C4=O)C2)CC1. The van der Waals surface area contributed by atoms with Crippen LogP contribution in [-0.4, -0.2) is 86.0 Å². The molecule has 1 atom stereocenters. The minimum atomic E-state index is -0.593. The van der Waals surface area contributed by atoms with Gasteiger partial charge in [-0.1, -0.05) is 13.0 Å². The van der Waals surface area contributed by atoms with Crippen LogP contribution in [0.25, 0.3) is 0 Å². The number of ether oxygens (including phenoxy) is 1. The van der Waals surface area contributed by atoms with Gasteiger partial charge in [-0.3, -0.25) is 24.6 Å². The van der Waals surface area contributed by atoms with E-state index < -0.39 is 6.04 Å². The van der Waals surface area contributed by atoms with Crippen molar-refractivity contribution >= 4 is 34.8 Å². The van der Waals surface area contributed by atoms with Crippen LogP contribution in [0.1, 0.15) is 54.1 Å². The minimum absolute atomic E-state index is 0.123. The van der Waals surface area contributed by atoms with E-state index >= 15 is 0 Å². The number of hydrogen-bond acceptors (Lipinski definition) is 8. The van der Waals surface area contributed by atoms with Gasteiger partial charge in [-0.15, -0.1) is 0 Å². The number of aryl methyl sites for hydroxylation is 1. The second kappa shape index (κ2) is 10.9. The van der Waals surface area contributed by atoms with E-state index in [-0.39, 0.29) is 24.1 Å². The lowest BCUT2D eigenvalue weighted by Gasteiger charge is -2.50. The number of nitrogens with one attached hydrogen (secondary N) is 1.